The van der Waals surface area contributed by atoms with Gasteiger partial charge in [-0.25, -0.2) is 0 Å². The molecule has 3 aliphatic rings. The second-order valence-corrected chi connectivity index (χ2v) is 15.2. The third-order valence-corrected chi connectivity index (χ3v) is 12.1. The minimum absolute atomic E-state index is 0.445. The van der Waals surface area contributed by atoms with Crippen molar-refractivity contribution < 1.29 is 9.47 Å². The van der Waals surface area contributed by atoms with Crippen LogP contribution in [0.15, 0.2) is 212 Å². The topological polar surface area (TPSA) is 21.7 Å². The first kappa shape index (κ1) is 32.6. The van der Waals surface area contributed by atoms with E-state index in [4.69, 9.17) is 9.47 Å². The van der Waals surface area contributed by atoms with Crippen LogP contribution < -0.4 is 14.4 Å². The Hall–Kier alpha value is -7.62. The zero-order valence-corrected chi connectivity index (χ0v) is 31.5. The second kappa shape index (κ2) is 12.7. The van der Waals surface area contributed by atoms with E-state index < -0.39 is 5.41 Å². The van der Waals surface area contributed by atoms with E-state index in [2.05, 4.69) is 211 Å². The van der Waals surface area contributed by atoms with Crippen LogP contribution in [-0.2, 0) is 5.41 Å². The van der Waals surface area contributed by atoms with Crippen LogP contribution in [0.2, 0.25) is 0 Å². The average molecular weight is 742 g/mol. The van der Waals surface area contributed by atoms with Gasteiger partial charge in [0.25, 0.3) is 0 Å². The second-order valence-electron chi connectivity index (χ2n) is 15.2. The van der Waals surface area contributed by atoms with Crippen LogP contribution in [0.25, 0.3) is 44.5 Å². The van der Waals surface area contributed by atoms with Crippen LogP contribution in [0.3, 0.4) is 0 Å². The summed E-state index contributed by atoms with van der Waals surface area (Å²) < 4.78 is 13.5. The predicted molar refractivity (Wildman–Crippen MR) is 235 cm³/mol. The largest absolute Gasteiger partial charge is 0.449 e. The summed E-state index contributed by atoms with van der Waals surface area (Å²) in [7, 11) is 0. The molecule has 0 N–H and O–H groups in total. The van der Waals surface area contributed by atoms with Gasteiger partial charge in [0, 0.05) is 17.1 Å². The molecule has 58 heavy (non-hydrogen) atoms. The molecule has 1 aliphatic heterocycles. The molecular formula is C55H35NO2. The summed E-state index contributed by atoms with van der Waals surface area (Å²) in [5, 5.41) is 0. The monoisotopic (exact) mass is 741 g/mol. The molecule has 0 atom stereocenters. The SMILES string of the molecule is c1ccc(N(c2ccccc2)c2ccc(-c3cccc(-c4ccc5c(c4)Oc4cc6c(cc4O5)-c4ccccc4C64c5ccccc5-c5ccccc54)c3)cc2)cc1. The summed E-state index contributed by atoms with van der Waals surface area (Å²) in [5.41, 5.74) is 17.5. The summed E-state index contributed by atoms with van der Waals surface area (Å²) >= 11 is 0. The van der Waals surface area contributed by atoms with Crippen molar-refractivity contribution in [2.24, 2.45) is 0 Å². The zero-order valence-electron chi connectivity index (χ0n) is 31.5. The van der Waals surface area contributed by atoms with Gasteiger partial charge in [-0.1, -0.05) is 146 Å². The predicted octanol–water partition coefficient (Wildman–Crippen LogP) is 14.7. The van der Waals surface area contributed by atoms with E-state index in [1.165, 1.54) is 44.5 Å². The highest BCUT2D eigenvalue weighted by Crippen LogP contribution is 2.64. The van der Waals surface area contributed by atoms with Gasteiger partial charge >= 0.3 is 0 Å². The molecule has 1 spiro atoms. The summed E-state index contributed by atoms with van der Waals surface area (Å²) in [6.07, 6.45) is 0. The molecule has 0 saturated heterocycles. The van der Waals surface area contributed by atoms with Gasteiger partial charge in [-0.15, -0.1) is 0 Å². The Morgan fingerprint density at radius 2 is 0.724 bits per heavy atom. The lowest BCUT2D eigenvalue weighted by molar-refractivity contribution is 0.359. The van der Waals surface area contributed by atoms with Gasteiger partial charge < -0.3 is 14.4 Å². The normalized spacial score (nSPS) is 13.2. The van der Waals surface area contributed by atoms with E-state index in [1.54, 1.807) is 0 Å². The van der Waals surface area contributed by atoms with E-state index in [9.17, 15) is 0 Å². The van der Waals surface area contributed by atoms with Gasteiger partial charge in [-0.05, 0) is 133 Å². The molecule has 0 aromatic heterocycles. The van der Waals surface area contributed by atoms with Gasteiger partial charge in [-0.2, -0.15) is 0 Å². The van der Waals surface area contributed by atoms with Crippen molar-refractivity contribution >= 4 is 17.1 Å². The van der Waals surface area contributed by atoms with Gasteiger partial charge in [0.2, 0.25) is 0 Å². The molecule has 0 unspecified atom stereocenters. The van der Waals surface area contributed by atoms with Gasteiger partial charge in [0.05, 0.1) is 5.41 Å². The number of hydrogen-bond acceptors (Lipinski definition) is 3. The quantitative estimate of drug-likeness (QED) is 0.175. The van der Waals surface area contributed by atoms with E-state index in [1.807, 2.05) is 6.07 Å². The number of nitrogens with zero attached hydrogens (tertiary/aromatic N) is 1. The third kappa shape index (κ3) is 4.80. The molecule has 272 valence electrons. The molecule has 9 aromatic rings. The third-order valence-electron chi connectivity index (χ3n) is 12.1. The Morgan fingerprint density at radius 3 is 1.34 bits per heavy atom. The fourth-order valence-corrected chi connectivity index (χ4v) is 9.63. The molecule has 0 saturated carbocycles. The summed E-state index contributed by atoms with van der Waals surface area (Å²) in [5.74, 6) is 2.88. The molecule has 1 heterocycles. The number of hydrogen-bond donors (Lipinski definition) is 0. The molecule has 0 fully saturated rings. The number of fused-ring (bicyclic) bond motifs is 12. The standard InChI is InChI=1S/C55H35NO2/c1-3-16-40(17-4-1)56(41-18-5-2-6-19-41)42-29-26-36(27-30-42)37-14-13-15-38(32-37)39-28-31-51-52(33-39)58-54-35-50-46(34-53(54)57-51)45-22-9-12-25-49(45)55(50)47-23-10-7-20-43(47)44-21-8-11-24-48(44)55/h1-35H. The molecule has 9 aromatic carbocycles. The smallest absolute Gasteiger partial charge is 0.170 e. The lowest BCUT2D eigenvalue weighted by atomic mass is 9.70. The Kier molecular flexibility index (Phi) is 7.14. The first-order valence-electron chi connectivity index (χ1n) is 19.8. The molecule has 0 radical (unpaired) electrons. The molecule has 3 heteroatoms. The molecule has 2 aliphatic carbocycles. The Bertz CT molecular complexity index is 2980. The van der Waals surface area contributed by atoms with Gasteiger partial charge in [0.1, 0.15) is 0 Å². The molecule has 0 bridgehead atoms. The lowest BCUT2D eigenvalue weighted by Gasteiger charge is -2.31. The minimum Gasteiger partial charge on any atom is -0.449 e. The van der Waals surface area contributed by atoms with Crippen LogP contribution in [0.5, 0.6) is 23.0 Å². The van der Waals surface area contributed by atoms with E-state index in [-0.39, 0.29) is 0 Å². The Balaban J connectivity index is 0.892. The highest BCUT2D eigenvalue weighted by molar-refractivity contribution is 5.96. The Morgan fingerprint density at radius 1 is 0.276 bits per heavy atom. The van der Waals surface area contributed by atoms with E-state index >= 15 is 0 Å². The lowest BCUT2D eigenvalue weighted by Crippen LogP contribution is -2.25. The number of benzene rings is 9. The van der Waals surface area contributed by atoms with Gasteiger partial charge in [0.15, 0.2) is 23.0 Å². The van der Waals surface area contributed by atoms with E-state index in [0.29, 0.717) is 11.5 Å². The molecule has 3 nitrogen and oxygen atoms in total. The van der Waals surface area contributed by atoms with Crippen LogP contribution in [-0.4, -0.2) is 0 Å². The zero-order chi connectivity index (χ0) is 38.2. The van der Waals surface area contributed by atoms with Crippen molar-refractivity contribution in [1.29, 1.82) is 0 Å². The summed E-state index contributed by atoms with van der Waals surface area (Å²) in [6, 6.07) is 75.8. The fourth-order valence-electron chi connectivity index (χ4n) is 9.63. The van der Waals surface area contributed by atoms with Crippen LogP contribution >= 0.6 is 0 Å². The number of anilines is 3. The highest BCUT2D eigenvalue weighted by Gasteiger charge is 2.52. The van der Waals surface area contributed by atoms with Crippen molar-refractivity contribution in [3.63, 3.8) is 0 Å². The van der Waals surface area contributed by atoms with Gasteiger partial charge in [-0.3, -0.25) is 0 Å². The maximum Gasteiger partial charge on any atom is 0.170 e. The van der Waals surface area contributed by atoms with Crippen molar-refractivity contribution in [3.8, 4) is 67.5 Å². The first-order valence-corrected chi connectivity index (χ1v) is 19.8. The number of para-hydroxylation sites is 2. The van der Waals surface area contributed by atoms with E-state index in [0.717, 1.165) is 50.8 Å². The minimum atomic E-state index is -0.445. The molecule has 0 amide bonds. The van der Waals surface area contributed by atoms with Crippen molar-refractivity contribution in [3.05, 3.63) is 235 Å². The van der Waals surface area contributed by atoms with Crippen molar-refractivity contribution in [1.82, 2.24) is 0 Å². The fraction of sp³-hybridized carbons (Fsp3) is 0.0182. The Labute approximate surface area is 337 Å². The summed E-state index contributed by atoms with van der Waals surface area (Å²) in [6.45, 7) is 0. The van der Waals surface area contributed by atoms with Crippen LogP contribution in [0.4, 0.5) is 17.1 Å². The number of rotatable bonds is 5. The molecular weight excluding hydrogens is 707 g/mol. The van der Waals surface area contributed by atoms with Crippen LogP contribution in [0, 0.1) is 0 Å². The highest BCUT2D eigenvalue weighted by atomic mass is 16.6. The maximum atomic E-state index is 6.84. The number of ether oxygens (including phenoxy) is 2. The maximum absolute atomic E-state index is 6.84. The van der Waals surface area contributed by atoms with Crippen molar-refractivity contribution in [2.45, 2.75) is 5.41 Å². The van der Waals surface area contributed by atoms with Crippen molar-refractivity contribution in [2.75, 3.05) is 4.90 Å². The first-order chi connectivity index (χ1) is 28.7. The average Bonchev–Trinajstić information content (AvgIpc) is 3.75. The van der Waals surface area contributed by atoms with Crippen LogP contribution in [0.1, 0.15) is 22.3 Å². The molecule has 12 rings (SSSR count). The summed E-state index contributed by atoms with van der Waals surface area (Å²) in [4.78, 5) is 2.28.